The first-order valence-corrected chi connectivity index (χ1v) is 35.7. The van der Waals surface area contributed by atoms with Crippen molar-refractivity contribution in [2.24, 2.45) is 0 Å². The van der Waals surface area contributed by atoms with Gasteiger partial charge in [-0.15, -0.1) is 40.8 Å². The molecule has 12 rings (SSSR count). The molecule has 111 heavy (non-hydrogen) atoms. The normalized spacial score (nSPS) is 12.8. The van der Waals surface area contributed by atoms with Crippen molar-refractivity contribution in [3.05, 3.63) is 261 Å². The fourth-order valence-corrected chi connectivity index (χ4v) is 9.92. The van der Waals surface area contributed by atoms with E-state index in [1.54, 1.807) is 34.6 Å². The van der Waals surface area contributed by atoms with Gasteiger partial charge in [0.05, 0.1) is 51.9 Å². The fourth-order valence-electron chi connectivity index (χ4n) is 9.92. The molecule has 0 aliphatic carbocycles. The van der Waals surface area contributed by atoms with Crippen LogP contribution in [-0.4, -0.2) is 127 Å². The van der Waals surface area contributed by atoms with Gasteiger partial charge in [0.2, 0.25) is 23.3 Å². The average molecular weight is 1630 g/mol. The Bertz CT molecular complexity index is 4870. The number of halogens is 14. The summed E-state index contributed by atoms with van der Waals surface area (Å²) >= 11 is 3.34. The number of benzene rings is 8. The zero-order valence-corrected chi connectivity index (χ0v) is 62.9. The van der Waals surface area contributed by atoms with Crippen LogP contribution in [0.4, 0.5) is 56.6 Å². The van der Waals surface area contributed by atoms with Crippen LogP contribution in [0.5, 0.6) is 0 Å². The van der Waals surface area contributed by atoms with E-state index in [-0.39, 0.29) is 47.2 Å². The van der Waals surface area contributed by atoms with Crippen LogP contribution in [-0.2, 0) is 60.0 Å². The number of rotatable bonds is 19. The lowest BCUT2D eigenvalue weighted by molar-refractivity contribution is -0.138. The van der Waals surface area contributed by atoms with E-state index in [1.165, 1.54) is 76.1 Å². The van der Waals surface area contributed by atoms with Crippen molar-refractivity contribution in [1.29, 1.82) is 0 Å². The Kier molecular flexibility index (Phi) is 31.7. The summed E-state index contributed by atoms with van der Waals surface area (Å²) in [5.74, 6) is 1.73. The molecule has 4 heterocycles. The molecular formula is C76H74BrF13N16O4S. The smallest absolute Gasteiger partial charge is 0.394 e. The van der Waals surface area contributed by atoms with Crippen molar-refractivity contribution >= 4 is 39.6 Å². The standard InChI is InChI=1S/C19H19F3N4O.C19H17F3N4O.C18H17F3N4O.C15H11F3N4.C4H7BrO.CH3FS/c2*1-12(13(2)27)26-24-18(23-25-26)17-6-4-3-5-15(17)11-14-7-9-16(10-8-14)19(20,21)22;1-12(11-26)25-23-17(22-24-25)16-5-3-2-4-14(16)10-13-6-8-15(9-7-13)18(19,20)21;16-15(17,18)12-7-5-10(6-8-12)9-11-3-1-2-4-13(11)14-19-21-22-20-14;1-3(5)4(2)6;1-3-2/h3-10,12-13,27H,11H2,1-2H3;3-10,12H,11H2,1-2H3;2-9,12,26H,10-11H2,1H3;1-8H,9H2,(H,19,20,21,22);3H,1-2H3;1H3/t12-,13-;;;;;/m0...../s1. The summed E-state index contributed by atoms with van der Waals surface area (Å²) < 4.78 is 162. The molecule has 0 radical (unpaired) electrons. The number of hydrogen-bond donors (Lipinski definition) is 3. The highest BCUT2D eigenvalue weighted by molar-refractivity contribution is 9.10. The minimum absolute atomic E-state index is 0.0255. The van der Waals surface area contributed by atoms with Crippen molar-refractivity contribution < 1.29 is 76.4 Å². The van der Waals surface area contributed by atoms with Gasteiger partial charge in [-0.25, -0.2) is 0 Å². The molecular weight excluding hydrogens is 1560 g/mol. The van der Waals surface area contributed by atoms with Gasteiger partial charge >= 0.3 is 24.7 Å². The summed E-state index contributed by atoms with van der Waals surface area (Å²) in [5, 5.41) is 69.5. The van der Waals surface area contributed by atoms with Gasteiger partial charge < -0.3 is 10.2 Å². The molecule has 0 saturated carbocycles. The predicted molar refractivity (Wildman–Crippen MR) is 394 cm³/mol. The molecule has 0 bridgehead atoms. The Balaban J connectivity index is 0.000000198. The predicted octanol–water partition coefficient (Wildman–Crippen LogP) is 17.6. The van der Waals surface area contributed by atoms with Gasteiger partial charge in [-0.3, -0.25) is 9.59 Å². The van der Waals surface area contributed by atoms with E-state index in [4.69, 9.17) is 0 Å². The maximum Gasteiger partial charge on any atom is 0.416 e. The van der Waals surface area contributed by atoms with Crippen LogP contribution in [0.2, 0.25) is 0 Å². The molecule has 3 unspecified atom stereocenters. The largest absolute Gasteiger partial charge is 0.416 e. The number of hydrogen-bond acceptors (Lipinski definition) is 17. The summed E-state index contributed by atoms with van der Waals surface area (Å²) in [6.45, 7) is 11.6. The Morgan fingerprint density at radius 1 is 0.432 bits per heavy atom. The second-order valence-corrected chi connectivity index (χ2v) is 26.5. The lowest BCUT2D eigenvalue weighted by Gasteiger charge is -2.12. The van der Waals surface area contributed by atoms with E-state index < -0.39 is 59.1 Å². The Hall–Kier alpha value is -10.8. The number of carbonyl (C=O) groups excluding carboxylic acids is 2. The molecule has 3 N–H and O–H groups in total. The third-order valence-electron chi connectivity index (χ3n) is 16.6. The Labute approximate surface area is 641 Å². The number of nitrogens with zero attached hydrogens (tertiary/aromatic N) is 15. The number of aromatic amines is 1. The fraction of sp³-hybridized carbons (Fsp3) is 0.289. The van der Waals surface area contributed by atoms with Crippen LogP contribution in [0, 0.1) is 0 Å². The summed E-state index contributed by atoms with van der Waals surface area (Å²) in [6, 6.07) is 48.9. The molecule has 12 aromatic rings. The molecule has 35 heteroatoms. The topological polar surface area (TPSA) is 260 Å². The highest BCUT2D eigenvalue weighted by Crippen LogP contribution is 2.35. The van der Waals surface area contributed by atoms with Crippen LogP contribution < -0.4 is 0 Å². The molecule has 4 aromatic heterocycles. The minimum atomic E-state index is -4.35. The molecule has 0 spiro atoms. The second-order valence-electron chi connectivity index (χ2n) is 24.8. The van der Waals surface area contributed by atoms with Gasteiger partial charge in [0.25, 0.3) is 0 Å². The maximum atomic E-state index is 12.7. The lowest BCUT2D eigenvalue weighted by Crippen LogP contribution is -2.20. The Morgan fingerprint density at radius 2 is 0.703 bits per heavy atom. The number of nitrogens with one attached hydrogen (secondary N) is 1. The number of Topliss-reactive ketones (excluding diaryl/α,β-unsaturated/α-hetero) is 2. The molecule has 20 nitrogen and oxygen atoms in total. The quantitative estimate of drug-likeness (QED) is 0.0502. The second kappa shape index (κ2) is 40.2. The number of carbonyl (C=O) groups is 2. The highest BCUT2D eigenvalue weighted by Gasteiger charge is 2.33. The maximum absolute atomic E-state index is 12.7. The molecule has 0 fully saturated rings. The van der Waals surface area contributed by atoms with Gasteiger partial charge in [-0.05, 0) is 188 Å². The molecule has 0 aliphatic rings. The van der Waals surface area contributed by atoms with Crippen LogP contribution >= 0.6 is 28.1 Å². The zero-order valence-electron chi connectivity index (χ0n) is 60.5. The van der Waals surface area contributed by atoms with Gasteiger partial charge in [0.1, 0.15) is 11.8 Å². The number of aromatic nitrogens is 16. The molecule has 5 atom stereocenters. The van der Waals surface area contributed by atoms with Crippen molar-refractivity contribution in [2.45, 2.75) is 128 Å². The van der Waals surface area contributed by atoms with Crippen molar-refractivity contribution in [2.75, 3.05) is 12.9 Å². The molecule has 0 saturated heterocycles. The Morgan fingerprint density at radius 3 is 0.964 bits per heavy atom. The molecule has 8 aromatic carbocycles. The monoisotopic (exact) mass is 1630 g/mol. The summed E-state index contributed by atoms with van der Waals surface area (Å²) in [5.41, 5.74) is 6.91. The minimum Gasteiger partial charge on any atom is -0.394 e. The van der Waals surface area contributed by atoms with E-state index in [1.807, 2.05) is 104 Å². The summed E-state index contributed by atoms with van der Waals surface area (Å²) in [4.78, 5) is 25.6. The van der Waals surface area contributed by atoms with Gasteiger partial charge in [-0.1, -0.05) is 162 Å². The van der Waals surface area contributed by atoms with Crippen molar-refractivity contribution in [3.8, 4) is 45.6 Å². The number of alkyl halides is 13. The summed E-state index contributed by atoms with van der Waals surface area (Å²) in [6.07, 6.45) is -14.8. The van der Waals surface area contributed by atoms with Crippen LogP contribution in [0.25, 0.3) is 45.6 Å². The SMILES string of the molecule is CC(=O)C(C)Br.CC(=O)C(C)n1nnc(-c2ccccc2Cc2ccc(C(F)(F)F)cc2)n1.CC(CO)n1nnc(-c2ccccc2Cc2ccc(C(F)(F)F)cc2)n1.CSF.C[C@H](O)[C@H](C)n1nnc(-c2ccccc2Cc2ccc(C(F)(F)F)cc2)n1.FC(F)(F)c1ccc(Cc2ccccc2-c2nn[nH]n2)cc1. The van der Waals surface area contributed by atoms with E-state index >= 15 is 0 Å². The third-order valence-corrected chi connectivity index (χ3v) is 17.2. The van der Waals surface area contributed by atoms with Crippen LogP contribution in [0.15, 0.2) is 194 Å². The number of H-pyrrole nitrogens is 1. The van der Waals surface area contributed by atoms with Crippen LogP contribution in [0.1, 0.15) is 133 Å². The van der Waals surface area contributed by atoms with E-state index in [9.17, 15) is 76.4 Å². The van der Waals surface area contributed by atoms with E-state index in [0.29, 0.717) is 49.0 Å². The van der Waals surface area contributed by atoms with Gasteiger partial charge in [0, 0.05) is 40.7 Å². The average Bonchev–Trinajstić information content (AvgIpc) is 1.76. The number of ketones is 2. The van der Waals surface area contributed by atoms with E-state index in [0.717, 1.165) is 115 Å². The first-order chi connectivity index (χ1) is 52.5. The number of aliphatic hydroxyl groups excluding tert-OH is 2. The number of tetrazole rings is 4. The zero-order chi connectivity index (χ0) is 81.4. The van der Waals surface area contributed by atoms with E-state index in [2.05, 4.69) is 82.8 Å². The van der Waals surface area contributed by atoms with Crippen molar-refractivity contribution in [1.82, 2.24) is 81.2 Å². The highest BCUT2D eigenvalue weighted by atomic mass is 79.9. The van der Waals surface area contributed by atoms with Gasteiger partial charge in [-0.2, -0.15) is 76.2 Å². The first kappa shape index (κ1) is 87.4. The number of aliphatic hydroxyl groups is 2. The first-order valence-electron chi connectivity index (χ1n) is 33.7. The van der Waals surface area contributed by atoms with Crippen molar-refractivity contribution in [3.63, 3.8) is 0 Å². The van der Waals surface area contributed by atoms with Crippen LogP contribution in [0.3, 0.4) is 0 Å². The molecule has 0 aliphatic heterocycles. The summed E-state index contributed by atoms with van der Waals surface area (Å²) in [7, 11) is 0. The lowest BCUT2D eigenvalue weighted by atomic mass is 9.98. The molecule has 586 valence electrons. The third kappa shape index (κ3) is 26.2. The molecule has 0 amide bonds. The van der Waals surface area contributed by atoms with Gasteiger partial charge in [0.15, 0.2) is 5.78 Å².